The maximum Gasteiger partial charge on any atom is 0.381 e. The molecule has 2 aliphatic heterocycles. The smallest absolute Gasteiger partial charge is 0.381 e. The molecule has 6 rings (SSSR count). The van der Waals surface area contributed by atoms with E-state index in [-0.39, 0.29) is 42.6 Å². The number of primary amides is 1. The normalized spacial score (nSPS) is 21.0. The number of hydrogen-bond donors (Lipinski definition) is 3. The van der Waals surface area contributed by atoms with Crippen LogP contribution in [0.4, 0.5) is 17.6 Å². The van der Waals surface area contributed by atoms with E-state index in [0.29, 0.717) is 49.8 Å². The first-order valence-electron chi connectivity index (χ1n) is 22.0. The monoisotopic (exact) mass is 943 g/mol. The van der Waals surface area contributed by atoms with Crippen LogP contribution in [0, 0.1) is 23.5 Å². The molecule has 0 spiro atoms. The summed E-state index contributed by atoms with van der Waals surface area (Å²) in [7, 11) is -3.03. The number of hydrogen-bond acceptors (Lipinski definition) is 10. The highest BCUT2D eigenvalue weighted by Crippen LogP contribution is 2.46. The minimum atomic E-state index is -4.82. The second-order valence-electron chi connectivity index (χ2n) is 17.7. The summed E-state index contributed by atoms with van der Waals surface area (Å²) >= 11 is 0. The number of sulfone groups is 1. The van der Waals surface area contributed by atoms with E-state index < -0.39 is 116 Å². The van der Waals surface area contributed by atoms with Gasteiger partial charge in [-0.2, -0.15) is 8.78 Å². The Balaban J connectivity index is 1.44. The summed E-state index contributed by atoms with van der Waals surface area (Å²) in [6.45, 7) is 3.39. The Labute approximate surface area is 381 Å². The molecule has 66 heavy (non-hydrogen) atoms. The molecule has 0 bridgehead atoms. The van der Waals surface area contributed by atoms with Crippen molar-refractivity contribution >= 4 is 39.2 Å². The Hall–Kier alpha value is -5.40. The molecule has 19 heteroatoms. The average Bonchev–Trinajstić information content (AvgIpc) is 3.95. The van der Waals surface area contributed by atoms with Crippen molar-refractivity contribution in [1.29, 1.82) is 0 Å². The van der Waals surface area contributed by atoms with Gasteiger partial charge in [-0.05, 0) is 66.6 Å². The number of benzene rings is 3. The van der Waals surface area contributed by atoms with Crippen molar-refractivity contribution < 1.29 is 59.4 Å². The van der Waals surface area contributed by atoms with Crippen molar-refractivity contribution in [2.45, 2.75) is 86.3 Å². The molecule has 4 amide bonds. The van der Waals surface area contributed by atoms with Gasteiger partial charge in [0.25, 0.3) is 5.91 Å². The van der Waals surface area contributed by atoms with Crippen molar-refractivity contribution in [2.24, 2.45) is 17.6 Å². The molecule has 3 aromatic rings. The molecule has 3 aromatic carbocycles. The first-order valence-corrected chi connectivity index (χ1v) is 23.7. The van der Waals surface area contributed by atoms with E-state index in [1.54, 1.807) is 6.07 Å². The first-order chi connectivity index (χ1) is 31.3. The van der Waals surface area contributed by atoms with Gasteiger partial charge in [-0.3, -0.25) is 28.9 Å². The van der Waals surface area contributed by atoms with Crippen molar-refractivity contribution in [3.63, 3.8) is 0 Å². The topological polar surface area (TPSA) is 195 Å². The number of likely N-dealkylation sites (tertiary alicyclic amines) is 1. The Kier molecular flexibility index (Phi) is 15.6. The molecule has 0 aromatic heterocycles. The van der Waals surface area contributed by atoms with Crippen molar-refractivity contribution in [1.82, 2.24) is 20.4 Å². The largest absolute Gasteiger partial charge is 0.497 e. The van der Waals surface area contributed by atoms with E-state index in [4.69, 9.17) is 15.2 Å². The van der Waals surface area contributed by atoms with Gasteiger partial charge in [0, 0.05) is 44.7 Å². The number of amides is 4. The number of carbonyl (C=O) groups is 5. The number of nitrogens with two attached hydrogens (primary N) is 1. The molecule has 4 atom stereocenters. The summed E-state index contributed by atoms with van der Waals surface area (Å²) in [6.07, 6.45) is -0.0320. The van der Waals surface area contributed by atoms with Gasteiger partial charge < -0.3 is 30.7 Å². The second-order valence-corrected chi connectivity index (χ2v) is 20.0. The fraction of sp³-hybridized carbons (Fsp3) is 0.511. The third-order valence-electron chi connectivity index (χ3n) is 13.2. The average molecular weight is 944 g/mol. The molecule has 1 saturated carbocycles. The van der Waals surface area contributed by atoms with Crippen molar-refractivity contribution in [3.8, 4) is 5.75 Å². The molecule has 14 nitrogen and oxygen atoms in total. The number of nitrogens with one attached hydrogen (secondary N) is 2. The van der Waals surface area contributed by atoms with E-state index >= 15 is 18.0 Å². The van der Waals surface area contributed by atoms with Gasteiger partial charge in [-0.25, -0.2) is 17.2 Å². The predicted molar refractivity (Wildman–Crippen MR) is 235 cm³/mol. The van der Waals surface area contributed by atoms with E-state index in [1.165, 1.54) is 75.6 Å². The number of carbonyl (C=O) groups excluding carboxylic acids is 5. The van der Waals surface area contributed by atoms with Crippen LogP contribution in [0.25, 0.3) is 0 Å². The van der Waals surface area contributed by atoms with Crippen LogP contribution in [0.1, 0.15) is 62.6 Å². The van der Waals surface area contributed by atoms with E-state index in [9.17, 15) is 32.0 Å². The summed E-state index contributed by atoms with van der Waals surface area (Å²) in [5.74, 6) is -17.6. The standard InChI is InChI=1S/C47H57F4N5O9S/c1-30(2)39(40(57)47(50,51)44(61)53-19-20-55-21-23-65-24-22-55)46(42(52)59)27-35(66(62,63)29-31-13-15-34(64-3)16-14-31)28-56(46)41(58)38(26-32-9-8-10-33(48)25-32)54-43(60)45(17-6-7-18-45)36-11-4-5-12-37(36)49/h4-5,8-16,25,30,35,38-39H,6-7,17-24,26-29H2,1-3H3,(H2,52,59)(H,53,61)(H,54,60)/t35?,38-,39+,46?/m0/s1. The molecule has 2 unspecified atom stereocenters. The molecule has 3 aliphatic rings. The Morgan fingerprint density at radius 1 is 0.939 bits per heavy atom. The zero-order chi connectivity index (χ0) is 48.0. The molecule has 2 heterocycles. The molecule has 3 fully saturated rings. The highest BCUT2D eigenvalue weighted by molar-refractivity contribution is 7.91. The predicted octanol–water partition coefficient (Wildman–Crippen LogP) is 3.88. The highest BCUT2D eigenvalue weighted by atomic mass is 32.2. The maximum atomic E-state index is 16.4. The minimum absolute atomic E-state index is 0.0604. The Bertz CT molecular complexity index is 2380. The molecule has 2 saturated heterocycles. The lowest BCUT2D eigenvalue weighted by Gasteiger charge is -2.44. The molecule has 4 N–H and O–H groups in total. The lowest BCUT2D eigenvalue weighted by atomic mass is 9.70. The number of halogens is 4. The lowest BCUT2D eigenvalue weighted by Crippen LogP contribution is -2.68. The summed E-state index contributed by atoms with van der Waals surface area (Å²) in [4.78, 5) is 74.7. The van der Waals surface area contributed by atoms with Crippen LogP contribution in [0.5, 0.6) is 5.75 Å². The second kappa shape index (κ2) is 20.6. The number of ether oxygens (including phenoxy) is 2. The number of methoxy groups -OCH3 is 1. The summed E-state index contributed by atoms with van der Waals surface area (Å²) in [5.41, 5.74) is 2.33. The molecule has 1 aliphatic carbocycles. The van der Waals surface area contributed by atoms with Crippen LogP contribution in [0.15, 0.2) is 72.8 Å². The number of rotatable bonds is 19. The van der Waals surface area contributed by atoms with Gasteiger partial charge in [-0.1, -0.05) is 69.2 Å². The van der Waals surface area contributed by atoms with E-state index in [2.05, 4.69) is 10.6 Å². The number of morpholine rings is 1. The Morgan fingerprint density at radius 3 is 2.21 bits per heavy atom. The summed E-state index contributed by atoms with van der Waals surface area (Å²) in [5, 5.41) is 3.10. The van der Waals surface area contributed by atoms with Crippen LogP contribution in [0.2, 0.25) is 0 Å². The number of alkyl halides is 2. The zero-order valence-corrected chi connectivity index (χ0v) is 38.0. The third kappa shape index (κ3) is 10.4. The number of Topliss-reactive ketones (excluding diaryl/α,β-unsaturated/α-hetero) is 1. The van der Waals surface area contributed by atoms with Crippen molar-refractivity contribution in [3.05, 3.63) is 101 Å². The van der Waals surface area contributed by atoms with Crippen LogP contribution in [-0.4, -0.2) is 123 Å². The fourth-order valence-electron chi connectivity index (χ4n) is 9.84. The Morgan fingerprint density at radius 2 is 1.61 bits per heavy atom. The van der Waals surface area contributed by atoms with Crippen LogP contribution < -0.4 is 21.1 Å². The summed E-state index contributed by atoms with van der Waals surface area (Å²) in [6, 6.07) is 14.9. The van der Waals surface area contributed by atoms with Crippen LogP contribution >= 0.6 is 0 Å². The summed E-state index contributed by atoms with van der Waals surface area (Å²) < 4.78 is 103. The van der Waals surface area contributed by atoms with Gasteiger partial charge in [0.2, 0.25) is 23.5 Å². The van der Waals surface area contributed by atoms with Gasteiger partial charge in [-0.15, -0.1) is 0 Å². The van der Waals surface area contributed by atoms with Crippen LogP contribution in [0.3, 0.4) is 0 Å². The first kappa shape index (κ1) is 50.0. The molecule has 358 valence electrons. The minimum Gasteiger partial charge on any atom is -0.497 e. The molecular formula is C47H57F4N5O9S. The highest BCUT2D eigenvalue weighted by Gasteiger charge is 2.66. The van der Waals surface area contributed by atoms with E-state index in [0.717, 1.165) is 12.1 Å². The number of nitrogens with zero attached hydrogens (tertiary/aromatic N) is 2. The SMILES string of the molecule is COc1ccc(CS(=O)(=O)C2CN(C(=O)[C@H](Cc3cccc(F)c3)NC(=O)C3(c4ccccc4F)CCCC3)C(C(N)=O)([C@@H](C(=O)C(F)(F)C(=O)NCCN3CCOCC3)C(C)C)C2)cc1. The van der Waals surface area contributed by atoms with E-state index in [1.807, 2.05) is 4.90 Å². The van der Waals surface area contributed by atoms with Gasteiger partial charge in [0.05, 0.1) is 42.7 Å². The zero-order valence-electron chi connectivity index (χ0n) is 37.2. The van der Waals surface area contributed by atoms with Crippen LogP contribution in [-0.2, 0) is 56.1 Å². The lowest BCUT2D eigenvalue weighted by molar-refractivity contribution is -0.169. The third-order valence-corrected chi connectivity index (χ3v) is 15.3. The van der Waals surface area contributed by atoms with Gasteiger partial charge in [0.1, 0.15) is 29.0 Å². The fourth-order valence-corrected chi connectivity index (χ4v) is 11.6. The number of ketones is 1. The molecule has 0 radical (unpaired) electrons. The quantitative estimate of drug-likeness (QED) is 0.117. The van der Waals surface area contributed by atoms with Crippen molar-refractivity contribution in [2.75, 3.05) is 53.0 Å². The van der Waals surface area contributed by atoms with Gasteiger partial charge in [0.15, 0.2) is 9.84 Å². The van der Waals surface area contributed by atoms with Gasteiger partial charge >= 0.3 is 5.92 Å². The maximum absolute atomic E-state index is 16.4. The molecular weight excluding hydrogens is 887 g/mol.